The number of alkyl halides is 3. The fourth-order valence-electron chi connectivity index (χ4n) is 2.77. The number of piperidine rings is 1. The van der Waals surface area contributed by atoms with E-state index in [-0.39, 0.29) is 12.5 Å². The molecule has 1 saturated heterocycles. The van der Waals surface area contributed by atoms with Crippen molar-refractivity contribution in [3.05, 3.63) is 35.9 Å². The molecule has 0 N–H and O–H groups in total. The van der Waals surface area contributed by atoms with Crippen LogP contribution in [0.2, 0.25) is 0 Å². The predicted molar refractivity (Wildman–Crippen MR) is 77.0 cm³/mol. The van der Waals surface area contributed by atoms with Gasteiger partial charge in [-0.3, -0.25) is 4.90 Å². The quantitative estimate of drug-likeness (QED) is 0.773. The van der Waals surface area contributed by atoms with Crippen LogP contribution in [0.15, 0.2) is 30.3 Å². The number of carbonyl (C=O) groups excluding carboxylic acids is 1. The van der Waals surface area contributed by atoms with Crippen LogP contribution in [0.4, 0.5) is 18.0 Å². The fourth-order valence-corrected chi connectivity index (χ4v) is 2.88. The second-order valence-electron chi connectivity index (χ2n) is 5.40. The second-order valence-corrected chi connectivity index (χ2v) is 5.70. The van der Waals surface area contributed by atoms with Gasteiger partial charge < -0.3 is 4.74 Å². The highest BCUT2D eigenvalue weighted by molar-refractivity contribution is 6.61. The third kappa shape index (κ3) is 4.88. The highest BCUT2D eigenvalue weighted by Gasteiger charge is 2.44. The van der Waals surface area contributed by atoms with E-state index in [0.717, 1.165) is 18.4 Å². The average molecular weight is 336 g/mol. The Kier molecular flexibility index (Phi) is 5.69. The van der Waals surface area contributed by atoms with Crippen molar-refractivity contribution in [1.29, 1.82) is 0 Å². The largest absolute Gasteiger partial charge is 0.439 e. The Morgan fingerprint density at radius 1 is 1.36 bits per heavy atom. The maximum Gasteiger partial charge on any atom is 0.426 e. The van der Waals surface area contributed by atoms with Gasteiger partial charge >= 0.3 is 11.6 Å². The Hall–Kier alpha value is -1.27. The molecular formula is C15H17ClF3NO2. The van der Waals surface area contributed by atoms with Crippen molar-refractivity contribution in [1.82, 2.24) is 4.90 Å². The van der Waals surface area contributed by atoms with Gasteiger partial charge in [0.2, 0.25) is 6.10 Å². The van der Waals surface area contributed by atoms with Crippen LogP contribution < -0.4 is 0 Å². The van der Waals surface area contributed by atoms with E-state index >= 15 is 0 Å². The molecule has 3 nitrogen and oxygen atoms in total. The van der Waals surface area contributed by atoms with Gasteiger partial charge in [-0.05, 0) is 30.9 Å². The number of carbonyl (C=O) groups is 1. The van der Waals surface area contributed by atoms with E-state index in [9.17, 15) is 18.0 Å². The number of nitrogens with zero attached hydrogens (tertiary/aromatic N) is 1. The van der Waals surface area contributed by atoms with Gasteiger partial charge in [0.05, 0.1) is 0 Å². The smallest absolute Gasteiger partial charge is 0.426 e. The molecule has 2 rings (SSSR count). The monoisotopic (exact) mass is 335 g/mol. The van der Waals surface area contributed by atoms with Gasteiger partial charge in [0.15, 0.2) is 0 Å². The molecule has 1 aliphatic rings. The molecule has 1 unspecified atom stereocenters. The summed E-state index contributed by atoms with van der Waals surface area (Å²) in [6.45, 7) is 0.678. The lowest BCUT2D eigenvalue weighted by atomic mass is 9.90. The van der Waals surface area contributed by atoms with E-state index in [4.69, 9.17) is 11.6 Å². The summed E-state index contributed by atoms with van der Waals surface area (Å²) in [7, 11) is 0. The number of hydrogen-bond donors (Lipinski definition) is 0. The Morgan fingerprint density at radius 3 is 2.64 bits per heavy atom. The van der Waals surface area contributed by atoms with Crippen LogP contribution in [0.1, 0.15) is 24.3 Å². The molecule has 0 saturated carbocycles. The van der Waals surface area contributed by atoms with Crippen LogP contribution in [-0.2, 0) is 4.74 Å². The molecule has 0 aliphatic carbocycles. The summed E-state index contributed by atoms with van der Waals surface area (Å²) in [4.78, 5) is 12.3. The van der Waals surface area contributed by atoms with Gasteiger partial charge in [-0.15, -0.1) is 0 Å². The fraction of sp³-hybridized carbons (Fsp3) is 0.533. The lowest BCUT2D eigenvalue weighted by Gasteiger charge is -2.35. The summed E-state index contributed by atoms with van der Waals surface area (Å²) in [6, 6.07) is 9.70. The first-order valence-corrected chi connectivity index (χ1v) is 7.44. The maximum absolute atomic E-state index is 12.9. The molecule has 122 valence electrons. The number of benzene rings is 1. The van der Waals surface area contributed by atoms with Crippen LogP contribution in [0.25, 0.3) is 0 Å². The summed E-state index contributed by atoms with van der Waals surface area (Å²) < 4.78 is 42.9. The summed E-state index contributed by atoms with van der Waals surface area (Å²) in [5, 5.41) is 0. The number of hydrogen-bond acceptors (Lipinski definition) is 3. The topological polar surface area (TPSA) is 29.5 Å². The Morgan fingerprint density at radius 2 is 2.05 bits per heavy atom. The molecule has 0 radical (unpaired) electrons. The van der Waals surface area contributed by atoms with E-state index in [0.29, 0.717) is 13.1 Å². The molecule has 1 aliphatic heterocycles. The van der Waals surface area contributed by atoms with E-state index in [2.05, 4.69) is 4.74 Å². The lowest BCUT2D eigenvalue weighted by Crippen LogP contribution is -2.46. The number of ether oxygens (including phenoxy) is 1. The van der Waals surface area contributed by atoms with E-state index in [1.54, 1.807) is 4.90 Å². The van der Waals surface area contributed by atoms with Crippen LogP contribution in [0, 0.1) is 0 Å². The van der Waals surface area contributed by atoms with Crippen molar-refractivity contribution >= 4 is 17.0 Å². The minimum absolute atomic E-state index is 0.190. The molecule has 0 aromatic heterocycles. The molecule has 1 aromatic carbocycles. The van der Waals surface area contributed by atoms with E-state index in [1.807, 2.05) is 30.3 Å². The maximum atomic E-state index is 12.9. The van der Waals surface area contributed by atoms with E-state index < -0.39 is 17.7 Å². The second kappa shape index (κ2) is 7.33. The first-order chi connectivity index (χ1) is 10.4. The standard InChI is InChI=1S/C15H17ClF3NO2/c16-14(21)22-13(15(17,18)19)10-20-8-4-7-12(9-20)11-5-2-1-3-6-11/h1-3,5-6,12-13H,4,7-10H2/t12-,13?/m0/s1. The SMILES string of the molecule is O=C(Cl)OC(CN1CCC[C@H](c2ccccc2)C1)C(F)(F)F. The summed E-state index contributed by atoms with van der Waals surface area (Å²) in [5.74, 6) is 0.190. The number of halogens is 4. The lowest BCUT2D eigenvalue weighted by molar-refractivity contribution is -0.206. The van der Waals surface area contributed by atoms with Crippen molar-refractivity contribution in [3.63, 3.8) is 0 Å². The molecule has 7 heteroatoms. The van der Waals surface area contributed by atoms with Gasteiger partial charge in [0.1, 0.15) is 0 Å². The number of rotatable bonds is 4. The minimum Gasteiger partial charge on any atom is -0.439 e. The molecular weight excluding hydrogens is 319 g/mol. The van der Waals surface area contributed by atoms with Gasteiger partial charge in [0, 0.05) is 24.7 Å². The van der Waals surface area contributed by atoms with Gasteiger partial charge in [-0.1, -0.05) is 30.3 Å². The summed E-state index contributed by atoms with van der Waals surface area (Å²) >= 11 is 4.94. The van der Waals surface area contributed by atoms with Crippen molar-refractivity contribution in [2.75, 3.05) is 19.6 Å². The molecule has 22 heavy (non-hydrogen) atoms. The molecule has 0 bridgehead atoms. The van der Waals surface area contributed by atoms with Crippen LogP contribution in [0.3, 0.4) is 0 Å². The van der Waals surface area contributed by atoms with Crippen molar-refractivity contribution in [2.45, 2.75) is 31.0 Å². The Balaban J connectivity index is 2.00. The zero-order valence-corrected chi connectivity index (χ0v) is 12.6. The highest BCUT2D eigenvalue weighted by atomic mass is 35.5. The van der Waals surface area contributed by atoms with E-state index in [1.165, 1.54) is 0 Å². The first kappa shape index (κ1) is 17.1. The summed E-state index contributed by atoms with van der Waals surface area (Å²) in [5.41, 5.74) is -0.316. The minimum atomic E-state index is -4.62. The van der Waals surface area contributed by atoms with Crippen molar-refractivity contribution in [3.8, 4) is 0 Å². The van der Waals surface area contributed by atoms with Crippen molar-refractivity contribution < 1.29 is 22.7 Å². The Bertz CT molecular complexity index is 495. The molecule has 1 fully saturated rings. The van der Waals surface area contributed by atoms with Crippen molar-refractivity contribution in [2.24, 2.45) is 0 Å². The highest BCUT2D eigenvalue weighted by Crippen LogP contribution is 2.29. The third-order valence-electron chi connectivity index (χ3n) is 3.80. The van der Waals surface area contributed by atoms with Gasteiger partial charge in [0.25, 0.3) is 0 Å². The van der Waals surface area contributed by atoms with Crippen LogP contribution in [0.5, 0.6) is 0 Å². The first-order valence-electron chi connectivity index (χ1n) is 7.06. The molecule has 0 spiro atoms. The molecule has 0 amide bonds. The van der Waals surface area contributed by atoms with Crippen LogP contribution >= 0.6 is 11.6 Å². The zero-order chi connectivity index (χ0) is 16.2. The summed E-state index contributed by atoms with van der Waals surface area (Å²) in [6.07, 6.45) is -5.07. The van der Waals surface area contributed by atoms with Gasteiger partial charge in [-0.2, -0.15) is 13.2 Å². The number of likely N-dealkylation sites (tertiary alicyclic amines) is 1. The third-order valence-corrected chi connectivity index (χ3v) is 3.89. The van der Waals surface area contributed by atoms with Crippen LogP contribution in [-0.4, -0.2) is 42.2 Å². The zero-order valence-electron chi connectivity index (χ0n) is 11.9. The molecule has 2 atom stereocenters. The van der Waals surface area contributed by atoms with Gasteiger partial charge in [-0.25, -0.2) is 4.79 Å². The molecule has 1 aromatic rings. The predicted octanol–water partition coefficient (Wildman–Crippen LogP) is 4.17. The normalized spacial score (nSPS) is 21.4. The molecule has 1 heterocycles. The Labute approximate surface area is 132 Å². The average Bonchev–Trinajstić information content (AvgIpc) is 2.46.